The van der Waals surface area contributed by atoms with Crippen LogP contribution in [0.1, 0.15) is 24.0 Å². The number of hydrogen-bond donors (Lipinski definition) is 1. The van der Waals surface area contributed by atoms with Gasteiger partial charge in [0.25, 0.3) is 0 Å². The van der Waals surface area contributed by atoms with E-state index in [1.54, 1.807) is 55.5 Å². The third-order valence-electron chi connectivity index (χ3n) is 5.41. The lowest BCUT2D eigenvalue weighted by molar-refractivity contribution is 0.218. The lowest BCUT2D eigenvalue weighted by atomic mass is 9.88. The van der Waals surface area contributed by atoms with Crippen LogP contribution < -0.4 is 0 Å². The van der Waals surface area contributed by atoms with Crippen molar-refractivity contribution < 1.29 is 21.9 Å². The Hall–Kier alpha value is -2.48. The third kappa shape index (κ3) is 4.74. The molecule has 0 aliphatic heterocycles. The topological polar surface area (TPSA) is 88.5 Å². The van der Waals surface area contributed by atoms with Crippen LogP contribution in [0.4, 0.5) is 0 Å². The largest absolute Gasteiger partial charge is 0.396 e. The van der Waals surface area contributed by atoms with Crippen LogP contribution in [0.5, 0.6) is 0 Å². The van der Waals surface area contributed by atoms with Crippen LogP contribution in [0.2, 0.25) is 0 Å². The van der Waals surface area contributed by atoms with Gasteiger partial charge in [-0.1, -0.05) is 73.2 Å². The van der Waals surface area contributed by atoms with Gasteiger partial charge in [-0.15, -0.1) is 0 Å². The number of hydrogen-bond acceptors (Lipinski definition) is 5. The van der Waals surface area contributed by atoms with E-state index in [2.05, 4.69) is 0 Å². The maximum absolute atomic E-state index is 13.8. The van der Waals surface area contributed by atoms with Crippen molar-refractivity contribution in [3.63, 3.8) is 0 Å². The van der Waals surface area contributed by atoms with Crippen molar-refractivity contribution in [2.45, 2.75) is 34.1 Å². The first-order chi connectivity index (χ1) is 14.7. The van der Waals surface area contributed by atoms with Gasteiger partial charge in [-0.05, 0) is 42.7 Å². The minimum absolute atomic E-state index is 0.0678. The summed E-state index contributed by atoms with van der Waals surface area (Å²) in [4.78, 5) is -0.136. The van der Waals surface area contributed by atoms with Crippen LogP contribution in [0, 0.1) is 12.8 Å². The monoisotopic (exact) mass is 458 g/mol. The van der Waals surface area contributed by atoms with Crippen molar-refractivity contribution in [1.29, 1.82) is 0 Å². The van der Waals surface area contributed by atoms with E-state index >= 15 is 0 Å². The second kappa shape index (κ2) is 9.34. The van der Waals surface area contributed by atoms with Crippen LogP contribution in [0.25, 0.3) is 0 Å². The van der Waals surface area contributed by atoms with Crippen molar-refractivity contribution in [2.24, 2.45) is 5.92 Å². The molecule has 3 aromatic carbocycles. The molecular weight excluding hydrogens is 432 g/mol. The summed E-state index contributed by atoms with van der Waals surface area (Å²) in [5.41, 5.74) is 1.52. The second-order valence-electron chi connectivity index (χ2n) is 7.68. The Morgan fingerprint density at radius 3 is 1.52 bits per heavy atom. The summed E-state index contributed by atoms with van der Waals surface area (Å²) in [6.07, 6.45) is 0. The van der Waals surface area contributed by atoms with E-state index in [0.717, 1.165) is 5.56 Å². The highest BCUT2D eigenvalue weighted by Crippen LogP contribution is 2.40. The Balaban J connectivity index is 2.32. The molecule has 0 bridgehead atoms. The molecule has 0 aliphatic rings. The van der Waals surface area contributed by atoms with Crippen LogP contribution in [-0.2, 0) is 19.7 Å². The molecule has 3 rings (SSSR count). The van der Waals surface area contributed by atoms with Gasteiger partial charge < -0.3 is 5.11 Å². The number of aryl methyl sites for hydroxylation is 1. The lowest BCUT2D eigenvalue weighted by Crippen LogP contribution is -2.40. The molecule has 0 heterocycles. The normalized spacial score (nSPS) is 14.3. The molecule has 0 spiro atoms. The summed E-state index contributed by atoms with van der Waals surface area (Å²) in [5.74, 6) is -1.59. The fourth-order valence-corrected chi connectivity index (χ4v) is 8.93. The summed E-state index contributed by atoms with van der Waals surface area (Å²) in [6, 6.07) is 22.3. The van der Waals surface area contributed by atoms with Gasteiger partial charge in [0.2, 0.25) is 0 Å². The standard InChI is InChI=1S/C24H26O5S2/c1-18-13-15-20(16-14-18)23(19(2)17-25)24(30(26,27)21-9-5-3-6-10-21)31(28,29)22-11-7-4-8-12-22/h3-16,19,23-25H,17H2,1-2H3/t19-,23-/m1/s1. The molecule has 7 heteroatoms. The predicted molar refractivity (Wildman–Crippen MR) is 121 cm³/mol. The number of rotatable bonds is 8. The van der Waals surface area contributed by atoms with E-state index in [-0.39, 0.29) is 16.4 Å². The molecule has 5 nitrogen and oxygen atoms in total. The van der Waals surface area contributed by atoms with Gasteiger partial charge in [0.15, 0.2) is 24.3 Å². The van der Waals surface area contributed by atoms with Gasteiger partial charge in [0.05, 0.1) is 9.79 Å². The van der Waals surface area contributed by atoms with E-state index in [0.29, 0.717) is 5.56 Å². The fraction of sp³-hybridized carbons (Fsp3) is 0.250. The van der Waals surface area contributed by atoms with Crippen LogP contribution in [-0.4, -0.2) is 33.1 Å². The van der Waals surface area contributed by atoms with Crippen LogP contribution in [0.15, 0.2) is 94.7 Å². The van der Waals surface area contributed by atoms with Gasteiger partial charge in [-0.3, -0.25) is 0 Å². The third-order valence-corrected chi connectivity index (χ3v) is 10.6. The molecule has 0 saturated carbocycles. The molecular formula is C24H26O5S2. The number of aliphatic hydroxyl groups is 1. The summed E-state index contributed by atoms with van der Waals surface area (Å²) in [6.45, 7) is 3.20. The minimum atomic E-state index is -4.32. The summed E-state index contributed by atoms with van der Waals surface area (Å²) in [5, 5.41) is 9.95. The van der Waals surface area contributed by atoms with Gasteiger partial charge in [0, 0.05) is 12.5 Å². The van der Waals surface area contributed by atoms with Crippen molar-refractivity contribution >= 4 is 19.7 Å². The molecule has 0 unspecified atom stereocenters. The first kappa shape index (κ1) is 23.2. The number of aliphatic hydroxyl groups excluding tert-OH is 1. The first-order valence-electron chi connectivity index (χ1n) is 9.95. The van der Waals surface area contributed by atoms with Crippen molar-refractivity contribution in [2.75, 3.05) is 6.61 Å². The van der Waals surface area contributed by atoms with Gasteiger partial charge in [0.1, 0.15) is 0 Å². The van der Waals surface area contributed by atoms with E-state index < -0.39 is 36.1 Å². The lowest BCUT2D eigenvalue weighted by Gasteiger charge is -2.31. The smallest absolute Gasteiger partial charge is 0.196 e. The Kier molecular flexibility index (Phi) is 6.99. The Morgan fingerprint density at radius 1 is 0.710 bits per heavy atom. The van der Waals surface area contributed by atoms with E-state index in [4.69, 9.17) is 0 Å². The molecule has 1 N–H and O–H groups in total. The van der Waals surface area contributed by atoms with Crippen LogP contribution >= 0.6 is 0 Å². The number of sulfone groups is 2. The Morgan fingerprint density at radius 2 is 1.13 bits per heavy atom. The molecule has 0 fully saturated rings. The molecule has 0 aromatic heterocycles. The van der Waals surface area contributed by atoms with Crippen LogP contribution in [0.3, 0.4) is 0 Å². The van der Waals surface area contributed by atoms with E-state index in [9.17, 15) is 21.9 Å². The molecule has 164 valence electrons. The van der Waals surface area contributed by atoms with Crippen molar-refractivity contribution in [3.8, 4) is 0 Å². The van der Waals surface area contributed by atoms with Crippen molar-refractivity contribution in [3.05, 3.63) is 96.1 Å². The average Bonchev–Trinajstić information content (AvgIpc) is 2.78. The molecule has 2 atom stereocenters. The minimum Gasteiger partial charge on any atom is -0.396 e. The highest BCUT2D eigenvalue weighted by atomic mass is 32.3. The Bertz CT molecular complexity index is 1130. The zero-order chi connectivity index (χ0) is 22.6. The van der Waals surface area contributed by atoms with Gasteiger partial charge >= 0.3 is 0 Å². The summed E-state index contributed by atoms with van der Waals surface area (Å²) >= 11 is 0. The SMILES string of the molecule is Cc1ccc([C@H](C(S(=O)(=O)c2ccccc2)S(=O)(=O)c2ccccc2)[C@H](C)CO)cc1. The fourth-order valence-electron chi connectivity index (χ4n) is 3.70. The molecule has 31 heavy (non-hydrogen) atoms. The van der Waals surface area contributed by atoms with E-state index in [1.807, 2.05) is 19.1 Å². The molecule has 0 saturated heterocycles. The highest BCUT2D eigenvalue weighted by Gasteiger charge is 2.47. The highest BCUT2D eigenvalue weighted by molar-refractivity contribution is 8.09. The number of benzene rings is 3. The molecule has 0 amide bonds. The predicted octanol–water partition coefficient (Wildman–Crippen LogP) is 3.98. The Labute approximate surface area is 184 Å². The second-order valence-corrected chi connectivity index (χ2v) is 12.1. The average molecular weight is 459 g/mol. The zero-order valence-corrected chi connectivity index (χ0v) is 19.1. The maximum atomic E-state index is 13.8. The quantitative estimate of drug-likeness (QED) is 0.552. The first-order valence-corrected chi connectivity index (χ1v) is 13.0. The molecule has 3 aromatic rings. The molecule has 0 aliphatic carbocycles. The molecule has 0 radical (unpaired) electrons. The maximum Gasteiger partial charge on any atom is 0.196 e. The van der Waals surface area contributed by atoms with Gasteiger partial charge in [-0.25, -0.2) is 16.8 Å². The zero-order valence-electron chi connectivity index (χ0n) is 17.4. The summed E-state index contributed by atoms with van der Waals surface area (Å²) < 4.78 is 53.4. The van der Waals surface area contributed by atoms with Gasteiger partial charge in [-0.2, -0.15) is 0 Å². The summed E-state index contributed by atoms with van der Waals surface area (Å²) in [7, 11) is -8.64. The van der Waals surface area contributed by atoms with E-state index in [1.165, 1.54) is 24.3 Å². The van der Waals surface area contributed by atoms with Crippen molar-refractivity contribution in [1.82, 2.24) is 0 Å².